The van der Waals surface area contributed by atoms with E-state index in [1.54, 1.807) is 12.1 Å². The van der Waals surface area contributed by atoms with Crippen LogP contribution in [0.25, 0.3) is 22.4 Å². The Kier molecular flexibility index (Phi) is 11.5. The Bertz CT molecular complexity index is 1870. The topological polar surface area (TPSA) is 61.7 Å². The number of nitrogens with one attached hydrogen (secondary N) is 1. The van der Waals surface area contributed by atoms with Gasteiger partial charge in [0.25, 0.3) is 5.91 Å². The minimum absolute atomic E-state index is 0.00983. The number of para-hydroxylation sites is 1. The zero-order valence-corrected chi connectivity index (χ0v) is 30.3. The number of nitrogens with zero attached hydrogens (tertiary/aromatic N) is 1. The summed E-state index contributed by atoms with van der Waals surface area (Å²) in [5.74, 6) is -0.511. The molecule has 1 N–H and O–H groups in total. The van der Waals surface area contributed by atoms with Gasteiger partial charge in [0, 0.05) is 36.3 Å². The Hall–Kier alpha value is -4.56. The molecule has 1 aliphatic rings. The molecule has 1 fully saturated rings. The average Bonchev–Trinajstić information content (AvgIpc) is 3.46. The lowest BCUT2D eigenvalue weighted by atomic mass is 9.94. The molecule has 51 heavy (non-hydrogen) atoms. The third-order valence-electron chi connectivity index (χ3n) is 9.10. The number of hydrogen-bond acceptors (Lipinski definition) is 4. The first kappa shape index (κ1) is 36.2. The summed E-state index contributed by atoms with van der Waals surface area (Å²) in [4.78, 5) is 14.5. The lowest BCUT2D eigenvalue weighted by molar-refractivity contribution is -0.256. The van der Waals surface area contributed by atoms with Crippen LogP contribution in [0.5, 0.6) is 0 Å². The van der Waals surface area contributed by atoms with E-state index in [4.69, 9.17) is 14.2 Å². The van der Waals surface area contributed by atoms with E-state index in [0.29, 0.717) is 43.7 Å². The second-order valence-electron chi connectivity index (χ2n) is 14.6. The molecule has 0 aliphatic carbocycles. The minimum Gasteiger partial charge on any atom is -0.373 e. The van der Waals surface area contributed by atoms with Crippen LogP contribution in [0.1, 0.15) is 81.4 Å². The molecular weight excluding hydrogens is 639 g/mol. The molecule has 6 nitrogen and oxygen atoms in total. The fraction of sp³-hybridized carbons (Fsp3) is 0.341. The monoisotopic (exact) mass is 688 g/mol. The van der Waals surface area contributed by atoms with Crippen molar-refractivity contribution in [3.8, 4) is 22.4 Å². The maximum Gasteiger partial charge on any atom is 0.258 e. The second-order valence-corrected chi connectivity index (χ2v) is 14.6. The summed E-state index contributed by atoms with van der Waals surface area (Å²) in [7, 11) is 0. The van der Waals surface area contributed by atoms with Crippen LogP contribution in [0.2, 0.25) is 0 Å². The molecule has 1 aromatic heterocycles. The third kappa shape index (κ3) is 9.22. The summed E-state index contributed by atoms with van der Waals surface area (Å²) in [6, 6.07) is 36.3. The molecular formula is C44H49FN2O4. The molecule has 266 valence electrons. The SMILES string of the molecule is CC(C)c1c(C(=O)Nc2ccccc2)c(-c2ccccc2)c(-c2ccc(F)cc2)n1CCC1C[C@@H](OCc2ccccc2)CC(OC(C)(C)C)O1. The van der Waals surface area contributed by atoms with E-state index < -0.39 is 6.29 Å². The molecule has 0 radical (unpaired) electrons. The van der Waals surface area contributed by atoms with Crippen LogP contribution in [0.3, 0.4) is 0 Å². The quantitative estimate of drug-likeness (QED) is 0.142. The molecule has 1 amide bonds. The number of benzene rings is 4. The van der Waals surface area contributed by atoms with Crippen molar-refractivity contribution >= 4 is 11.6 Å². The van der Waals surface area contributed by atoms with Crippen molar-refractivity contribution in [2.75, 3.05) is 5.32 Å². The number of rotatable bonds is 12. The number of anilines is 1. The van der Waals surface area contributed by atoms with Crippen molar-refractivity contribution in [1.82, 2.24) is 4.57 Å². The summed E-state index contributed by atoms with van der Waals surface area (Å²) in [6.45, 7) is 11.4. The van der Waals surface area contributed by atoms with E-state index in [1.807, 2.05) is 99.6 Å². The van der Waals surface area contributed by atoms with Gasteiger partial charge in [-0.25, -0.2) is 4.39 Å². The normalized spacial score (nSPS) is 17.8. The van der Waals surface area contributed by atoms with Gasteiger partial charge in [-0.05, 0) is 86.2 Å². The van der Waals surface area contributed by atoms with Crippen molar-refractivity contribution < 1.29 is 23.4 Å². The van der Waals surface area contributed by atoms with Crippen LogP contribution in [-0.4, -0.2) is 34.6 Å². The number of ether oxygens (including phenoxy) is 3. The Labute approximate surface area is 301 Å². The van der Waals surface area contributed by atoms with Crippen LogP contribution >= 0.6 is 0 Å². The zero-order valence-electron chi connectivity index (χ0n) is 30.3. The van der Waals surface area contributed by atoms with Gasteiger partial charge < -0.3 is 24.1 Å². The maximum atomic E-state index is 14.5. The summed E-state index contributed by atoms with van der Waals surface area (Å²) in [6.07, 6.45) is 1.40. The molecule has 6 rings (SSSR count). The molecule has 7 heteroatoms. The van der Waals surface area contributed by atoms with Gasteiger partial charge >= 0.3 is 0 Å². The first-order valence-electron chi connectivity index (χ1n) is 18.0. The van der Waals surface area contributed by atoms with Gasteiger partial charge in [0.1, 0.15) is 5.82 Å². The highest BCUT2D eigenvalue weighted by molar-refractivity contribution is 6.12. The first-order valence-corrected chi connectivity index (χ1v) is 18.0. The van der Waals surface area contributed by atoms with E-state index in [2.05, 4.69) is 35.9 Å². The largest absolute Gasteiger partial charge is 0.373 e. The highest BCUT2D eigenvalue weighted by atomic mass is 19.1. The highest BCUT2D eigenvalue weighted by Gasteiger charge is 2.35. The summed E-state index contributed by atoms with van der Waals surface area (Å²) in [5.41, 5.74) is 6.43. The molecule has 2 heterocycles. The zero-order chi connectivity index (χ0) is 36.0. The molecule has 5 aromatic rings. The Balaban J connectivity index is 1.40. The number of hydrogen-bond donors (Lipinski definition) is 1. The number of halogens is 1. The Morgan fingerprint density at radius 3 is 2.12 bits per heavy atom. The molecule has 0 saturated carbocycles. The lowest BCUT2D eigenvalue weighted by Crippen LogP contribution is -2.42. The molecule has 1 aliphatic heterocycles. The van der Waals surface area contributed by atoms with Crippen molar-refractivity contribution in [2.45, 2.75) is 97.0 Å². The van der Waals surface area contributed by atoms with Crippen molar-refractivity contribution in [1.29, 1.82) is 0 Å². The van der Waals surface area contributed by atoms with Gasteiger partial charge in [0.15, 0.2) is 6.29 Å². The Morgan fingerprint density at radius 2 is 1.49 bits per heavy atom. The van der Waals surface area contributed by atoms with E-state index in [0.717, 1.165) is 33.6 Å². The predicted molar refractivity (Wildman–Crippen MR) is 202 cm³/mol. The second kappa shape index (κ2) is 16.2. The molecule has 0 bridgehead atoms. The number of carbonyl (C=O) groups excluding carboxylic acids is 1. The van der Waals surface area contributed by atoms with Crippen molar-refractivity contribution in [3.05, 3.63) is 138 Å². The standard InChI is InChI=1S/C44H49FN2O4/c1-30(2)41-40(43(48)46-35-19-13-8-14-20-35)39(32-17-11-7-12-18-32)42(33-21-23-34(45)24-22-33)47(41)26-25-36-27-37(28-38(50-36)51-44(3,4)5)49-29-31-15-9-6-10-16-31/h6-24,30,36-38H,25-29H2,1-5H3,(H,46,48)/t36?,37-,38?/m1/s1. The van der Waals surface area contributed by atoms with Gasteiger partial charge in [-0.1, -0.05) is 92.7 Å². The van der Waals surface area contributed by atoms with Crippen molar-refractivity contribution in [2.24, 2.45) is 0 Å². The van der Waals surface area contributed by atoms with E-state index in [9.17, 15) is 9.18 Å². The summed E-state index contributed by atoms with van der Waals surface area (Å²) < 4.78 is 36.1. The van der Waals surface area contributed by atoms with Crippen molar-refractivity contribution in [3.63, 3.8) is 0 Å². The van der Waals surface area contributed by atoms with Gasteiger partial charge in [-0.3, -0.25) is 4.79 Å². The Morgan fingerprint density at radius 1 is 0.863 bits per heavy atom. The predicted octanol–water partition coefficient (Wildman–Crippen LogP) is 10.6. The molecule has 0 spiro atoms. The molecule has 2 unspecified atom stereocenters. The van der Waals surface area contributed by atoms with E-state index >= 15 is 0 Å². The van der Waals surface area contributed by atoms with Crippen LogP contribution in [0, 0.1) is 5.82 Å². The van der Waals surface area contributed by atoms with E-state index in [1.165, 1.54) is 12.1 Å². The van der Waals surface area contributed by atoms with Gasteiger partial charge in [-0.2, -0.15) is 0 Å². The summed E-state index contributed by atoms with van der Waals surface area (Å²) >= 11 is 0. The fourth-order valence-electron chi connectivity index (χ4n) is 6.99. The lowest BCUT2D eigenvalue weighted by Gasteiger charge is -2.38. The number of carbonyl (C=O) groups is 1. The van der Waals surface area contributed by atoms with Crippen LogP contribution in [0.15, 0.2) is 115 Å². The van der Waals surface area contributed by atoms with Crippen LogP contribution in [0.4, 0.5) is 10.1 Å². The number of aromatic nitrogens is 1. The van der Waals surface area contributed by atoms with Gasteiger partial charge in [0.05, 0.1) is 35.7 Å². The average molecular weight is 689 g/mol. The van der Waals surface area contributed by atoms with Gasteiger partial charge in [-0.15, -0.1) is 0 Å². The third-order valence-corrected chi connectivity index (χ3v) is 9.10. The molecule has 1 saturated heterocycles. The molecule has 3 atom stereocenters. The maximum absolute atomic E-state index is 14.5. The smallest absolute Gasteiger partial charge is 0.258 e. The fourth-order valence-corrected chi connectivity index (χ4v) is 6.99. The minimum atomic E-state index is -0.414. The first-order chi connectivity index (χ1) is 24.6. The highest BCUT2D eigenvalue weighted by Crippen LogP contribution is 2.43. The molecule has 4 aromatic carbocycles. The number of amides is 1. The van der Waals surface area contributed by atoms with E-state index in [-0.39, 0.29) is 35.5 Å². The van der Waals surface area contributed by atoms with Gasteiger partial charge in [0.2, 0.25) is 0 Å². The summed E-state index contributed by atoms with van der Waals surface area (Å²) in [5, 5.41) is 3.16. The van der Waals surface area contributed by atoms with Crippen LogP contribution in [-0.2, 0) is 27.4 Å². The van der Waals surface area contributed by atoms with Crippen LogP contribution < -0.4 is 5.32 Å².